The third kappa shape index (κ3) is 5.41. The number of nitriles is 1. The van der Waals surface area contributed by atoms with Crippen molar-refractivity contribution in [2.24, 2.45) is 11.8 Å². The zero-order valence-electron chi connectivity index (χ0n) is 21.4. The Labute approximate surface area is 213 Å². The number of allylic oxidation sites excluding steroid dienone is 1. The van der Waals surface area contributed by atoms with Gasteiger partial charge < -0.3 is 25.2 Å². The van der Waals surface area contributed by atoms with Crippen molar-refractivity contribution in [3.63, 3.8) is 0 Å². The molecule has 5 atom stereocenters. The van der Waals surface area contributed by atoms with Gasteiger partial charge in [0, 0.05) is 44.3 Å². The lowest BCUT2D eigenvalue weighted by Gasteiger charge is -2.40. The fourth-order valence-electron chi connectivity index (χ4n) is 5.55. The molecule has 2 fully saturated rings. The number of ether oxygens (including phenoxy) is 1. The molecule has 1 heterocycles. The Morgan fingerprint density at radius 1 is 1.11 bits per heavy atom. The van der Waals surface area contributed by atoms with Crippen molar-refractivity contribution in [3.8, 4) is 6.07 Å². The summed E-state index contributed by atoms with van der Waals surface area (Å²) in [6.07, 6.45) is 2.18. The molecule has 1 saturated heterocycles. The van der Waals surface area contributed by atoms with Gasteiger partial charge in [0.1, 0.15) is 11.6 Å². The maximum absolute atomic E-state index is 12.9. The van der Waals surface area contributed by atoms with Gasteiger partial charge in [-0.1, -0.05) is 25.1 Å². The van der Waals surface area contributed by atoms with E-state index in [1.54, 1.807) is 14.0 Å². The first-order chi connectivity index (χ1) is 17.3. The van der Waals surface area contributed by atoms with Gasteiger partial charge in [-0.15, -0.1) is 0 Å². The number of hydrogen-bond donors (Lipinski definition) is 3. The van der Waals surface area contributed by atoms with Crippen molar-refractivity contribution in [3.05, 3.63) is 47.5 Å². The van der Waals surface area contributed by atoms with Crippen LogP contribution in [-0.4, -0.2) is 61.2 Å². The Morgan fingerprint density at radius 3 is 2.50 bits per heavy atom. The molecule has 4 rings (SSSR count). The van der Waals surface area contributed by atoms with Crippen LogP contribution in [0.1, 0.15) is 45.1 Å². The molecule has 192 valence electrons. The van der Waals surface area contributed by atoms with Crippen molar-refractivity contribution in [2.45, 2.75) is 57.8 Å². The van der Waals surface area contributed by atoms with Gasteiger partial charge in [-0.25, -0.2) is 0 Å². The summed E-state index contributed by atoms with van der Waals surface area (Å²) in [5.41, 5.74) is 2.70. The molecule has 2 aromatic rings. The molecule has 2 aliphatic rings. The zero-order valence-corrected chi connectivity index (χ0v) is 21.4. The number of carbonyl (C=O) groups excluding carboxylic acids is 1. The van der Waals surface area contributed by atoms with Crippen LogP contribution in [-0.2, 0) is 9.53 Å². The smallest absolute Gasteiger partial charge is 0.262 e. The van der Waals surface area contributed by atoms with Crippen molar-refractivity contribution in [1.29, 1.82) is 5.26 Å². The molecule has 3 N–H and O–H groups in total. The summed E-state index contributed by atoms with van der Waals surface area (Å²) in [7, 11) is 1.58. The molecule has 7 heteroatoms. The monoisotopic (exact) mass is 491 g/mol. The summed E-state index contributed by atoms with van der Waals surface area (Å²) in [6.45, 7) is 5.96. The summed E-state index contributed by atoms with van der Waals surface area (Å²) >= 11 is 0. The number of nitrogens with zero attached hydrogens (tertiary/aromatic N) is 2. The normalized spacial score (nSPS) is 27.3. The van der Waals surface area contributed by atoms with Crippen LogP contribution in [0.4, 0.5) is 5.69 Å². The lowest BCUT2D eigenvalue weighted by molar-refractivity contribution is -0.130. The lowest BCUT2D eigenvalue weighted by Crippen LogP contribution is -2.52. The van der Waals surface area contributed by atoms with Gasteiger partial charge in [-0.3, -0.25) is 4.79 Å². The van der Waals surface area contributed by atoms with Gasteiger partial charge in [0.2, 0.25) is 0 Å². The number of amides is 1. The second kappa shape index (κ2) is 11.4. The SMILES string of the molecule is CO[C@H]1CC(CNC(=O)/C(C#N)=C(\C)c2ccc3cc(N4CCCCC4)ccc3c2)[C@@H](O)[C@H](O)[C@H]1C. The number of carbonyl (C=O) groups is 1. The minimum absolute atomic E-state index is 0.0433. The van der Waals surface area contributed by atoms with Crippen LogP contribution >= 0.6 is 0 Å². The Kier molecular flexibility index (Phi) is 8.30. The van der Waals surface area contributed by atoms with Crippen molar-refractivity contribution in [1.82, 2.24) is 5.32 Å². The van der Waals surface area contributed by atoms with E-state index in [0.717, 1.165) is 29.4 Å². The van der Waals surface area contributed by atoms with Gasteiger partial charge in [0.25, 0.3) is 5.91 Å². The molecule has 0 radical (unpaired) electrons. The van der Waals surface area contributed by atoms with Gasteiger partial charge in [0.05, 0.1) is 18.3 Å². The van der Waals surface area contributed by atoms with Gasteiger partial charge in [-0.05, 0) is 72.7 Å². The summed E-state index contributed by atoms with van der Waals surface area (Å²) in [4.78, 5) is 15.4. The lowest BCUT2D eigenvalue weighted by atomic mass is 9.76. The Morgan fingerprint density at radius 2 is 1.81 bits per heavy atom. The average molecular weight is 492 g/mol. The number of nitrogens with one attached hydrogen (secondary N) is 1. The number of methoxy groups -OCH3 is 1. The van der Waals surface area contributed by atoms with Gasteiger partial charge in [-0.2, -0.15) is 5.26 Å². The summed E-state index contributed by atoms with van der Waals surface area (Å²) in [6, 6.07) is 14.5. The van der Waals surface area contributed by atoms with E-state index >= 15 is 0 Å². The van der Waals surface area contributed by atoms with E-state index in [-0.39, 0.29) is 30.1 Å². The maximum Gasteiger partial charge on any atom is 0.262 e. The van der Waals surface area contributed by atoms with E-state index in [1.165, 1.54) is 24.9 Å². The van der Waals surface area contributed by atoms with Crippen LogP contribution in [0.2, 0.25) is 0 Å². The fourth-order valence-corrected chi connectivity index (χ4v) is 5.55. The van der Waals surface area contributed by atoms with E-state index in [0.29, 0.717) is 12.0 Å². The van der Waals surface area contributed by atoms with Gasteiger partial charge >= 0.3 is 0 Å². The number of aliphatic hydroxyl groups is 2. The fraction of sp³-hybridized carbons (Fsp3) is 0.517. The second-order valence-electron chi connectivity index (χ2n) is 10.2. The minimum atomic E-state index is -0.961. The van der Waals surface area contributed by atoms with E-state index in [2.05, 4.69) is 34.5 Å². The first-order valence-electron chi connectivity index (χ1n) is 12.9. The molecule has 1 aliphatic heterocycles. The number of benzene rings is 2. The largest absolute Gasteiger partial charge is 0.390 e. The van der Waals surface area contributed by atoms with E-state index in [4.69, 9.17) is 4.74 Å². The first-order valence-corrected chi connectivity index (χ1v) is 12.9. The maximum atomic E-state index is 12.9. The molecule has 7 nitrogen and oxygen atoms in total. The number of anilines is 1. The number of hydrogen-bond acceptors (Lipinski definition) is 6. The topological polar surface area (TPSA) is 106 Å². The predicted octanol–water partition coefficient (Wildman–Crippen LogP) is 3.64. The highest BCUT2D eigenvalue weighted by Crippen LogP contribution is 2.32. The molecule has 1 saturated carbocycles. The predicted molar refractivity (Wildman–Crippen MR) is 141 cm³/mol. The van der Waals surface area contributed by atoms with Crippen LogP contribution in [0.5, 0.6) is 0 Å². The molecule has 0 spiro atoms. The molecule has 1 aliphatic carbocycles. The molecule has 2 aromatic carbocycles. The zero-order chi connectivity index (χ0) is 25.8. The standard InChI is InChI=1S/C29H37N3O4/c1-18(20-7-8-22-14-24(10-9-21(22)13-20)32-11-5-4-6-12-32)25(16-30)29(35)31-17-23-15-26(36-3)19(2)27(33)28(23)34/h7-10,13-14,19,23,26-28,33-34H,4-6,11-12,15,17H2,1-3H3,(H,31,35)/b25-18+/t19-,23?,26-,27+,28+/m0/s1. The second-order valence-corrected chi connectivity index (χ2v) is 10.2. The average Bonchev–Trinajstić information content (AvgIpc) is 2.91. The van der Waals surface area contributed by atoms with Crippen molar-refractivity contribution < 1.29 is 19.7 Å². The van der Waals surface area contributed by atoms with Crippen LogP contribution in [0.25, 0.3) is 16.3 Å². The summed E-state index contributed by atoms with van der Waals surface area (Å²) in [5, 5.41) is 35.6. The minimum Gasteiger partial charge on any atom is -0.390 e. The van der Waals surface area contributed by atoms with E-state index in [1.807, 2.05) is 25.1 Å². The Hall–Kier alpha value is -2.92. The molecule has 1 unspecified atom stereocenters. The van der Waals surface area contributed by atoms with Crippen LogP contribution in [0.3, 0.4) is 0 Å². The number of piperidine rings is 1. The Balaban J connectivity index is 1.49. The van der Waals surface area contributed by atoms with Crippen LogP contribution in [0, 0.1) is 23.2 Å². The number of aliphatic hydroxyl groups excluding tert-OH is 2. The third-order valence-electron chi connectivity index (χ3n) is 8.01. The van der Waals surface area contributed by atoms with Crippen LogP contribution < -0.4 is 10.2 Å². The van der Waals surface area contributed by atoms with E-state index < -0.39 is 18.1 Å². The summed E-state index contributed by atoms with van der Waals surface area (Å²) in [5.74, 6) is -1.04. The molecule has 0 bridgehead atoms. The molecular weight excluding hydrogens is 454 g/mol. The highest BCUT2D eigenvalue weighted by molar-refractivity contribution is 6.05. The van der Waals surface area contributed by atoms with Crippen molar-refractivity contribution in [2.75, 3.05) is 31.6 Å². The molecule has 0 aromatic heterocycles. The van der Waals surface area contributed by atoms with E-state index in [9.17, 15) is 20.3 Å². The third-order valence-corrected chi connectivity index (χ3v) is 8.01. The first kappa shape index (κ1) is 26.2. The molecule has 36 heavy (non-hydrogen) atoms. The number of rotatable bonds is 6. The molecule has 1 amide bonds. The van der Waals surface area contributed by atoms with Crippen molar-refractivity contribution >= 4 is 27.9 Å². The van der Waals surface area contributed by atoms with Gasteiger partial charge in [0.15, 0.2) is 0 Å². The number of fused-ring (bicyclic) bond motifs is 1. The highest BCUT2D eigenvalue weighted by atomic mass is 16.5. The molecular formula is C29H37N3O4. The summed E-state index contributed by atoms with van der Waals surface area (Å²) < 4.78 is 5.45. The highest BCUT2D eigenvalue weighted by Gasteiger charge is 2.41. The Bertz CT molecular complexity index is 1160. The van der Waals surface area contributed by atoms with Crippen LogP contribution in [0.15, 0.2) is 42.0 Å². The quantitative estimate of drug-likeness (QED) is 0.421.